The molecule has 1 amide bonds. The van der Waals surface area contributed by atoms with Crippen molar-refractivity contribution in [1.82, 2.24) is 5.32 Å². The highest BCUT2D eigenvalue weighted by Crippen LogP contribution is 2.45. The Bertz CT molecular complexity index is 672. The smallest absolute Gasteiger partial charge is 0.225 e. The van der Waals surface area contributed by atoms with Gasteiger partial charge in [0.25, 0.3) is 0 Å². The second-order valence-electron chi connectivity index (χ2n) is 5.96. The lowest BCUT2D eigenvalue weighted by Crippen LogP contribution is -2.36. The molecule has 22 heavy (non-hydrogen) atoms. The fourth-order valence-electron chi connectivity index (χ4n) is 2.81. The van der Waals surface area contributed by atoms with Crippen LogP contribution in [0.15, 0.2) is 48.5 Å². The number of rotatable bonds is 5. The maximum atomic E-state index is 12.4. The van der Waals surface area contributed by atoms with Crippen LogP contribution in [0, 0.1) is 6.92 Å². The summed E-state index contributed by atoms with van der Waals surface area (Å²) < 4.78 is 5.19. The molecule has 1 fully saturated rings. The van der Waals surface area contributed by atoms with Crippen molar-refractivity contribution in [3.8, 4) is 5.75 Å². The summed E-state index contributed by atoms with van der Waals surface area (Å²) in [7, 11) is 1.66. The van der Waals surface area contributed by atoms with Crippen molar-refractivity contribution < 1.29 is 9.53 Å². The highest BCUT2D eigenvalue weighted by Gasteiger charge is 2.45. The standard InChI is InChI=1S/C19H21NO2/c1-14-5-3-4-6-15(14)13-18(21)20-19(11-12-19)16-7-9-17(22-2)10-8-16/h3-10H,11-13H2,1-2H3,(H,20,21). The van der Waals surface area contributed by atoms with Gasteiger partial charge in [0, 0.05) is 0 Å². The van der Waals surface area contributed by atoms with E-state index in [2.05, 4.69) is 5.32 Å². The van der Waals surface area contributed by atoms with Gasteiger partial charge in [-0.2, -0.15) is 0 Å². The first-order valence-electron chi connectivity index (χ1n) is 7.63. The maximum Gasteiger partial charge on any atom is 0.225 e. The van der Waals surface area contributed by atoms with Crippen LogP contribution >= 0.6 is 0 Å². The molecule has 0 spiro atoms. The van der Waals surface area contributed by atoms with Crippen molar-refractivity contribution >= 4 is 5.91 Å². The van der Waals surface area contributed by atoms with E-state index in [1.54, 1.807) is 7.11 Å². The number of carbonyl (C=O) groups excluding carboxylic acids is 1. The van der Waals surface area contributed by atoms with Crippen molar-refractivity contribution in [2.75, 3.05) is 7.11 Å². The number of ether oxygens (including phenoxy) is 1. The molecule has 3 rings (SSSR count). The second-order valence-corrected chi connectivity index (χ2v) is 5.96. The molecule has 0 radical (unpaired) electrons. The second kappa shape index (κ2) is 5.84. The van der Waals surface area contributed by atoms with Crippen molar-refractivity contribution in [1.29, 1.82) is 0 Å². The normalized spacial score (nSPS) is 15.2. The van der Waals surface area contributed by atoms with Gasteiger partial charge in [0.1, 0.15) is 5.75 Å². The monoisotopic (exact) mass is 295 g/mol. The summed E-state index contributed by atoms with van der Waals surface area (Å²) in [5.74, 6) is 0.924. The number of methoxy groups -OCH3 is 1. The quantitative estimate of drug-likeness (QED) is 0.918. The molecule has 114 valence electrons. The first-order valence-corrected chi connectivity index (χ1v) is 7.63. The summed E-state index contributed by atoms with van der Waals surface area (Å²) in [5.41, 5.74) is 3.23. The highest BCUT2D eigenvalue weighted by molar-refractivity contribution is 5.80. The lowest BCUT2D eigenvalue weighted by atomic mass is 10.0. The van der Waals surface area contributed by atoms with Crippen molar-refractivity contribution in [2.45, 2.75) is 31.7 Å². The molecule has 1 N–H and O–H groups in total. The van der Waals surface area contributed by atoms with Crippen LogP contribution in [0.2, 0.25) is 0 Å². The zero-order valence-electron chi connectivity index (χ0n) is 13.1. The van der Waals surface area contributed by atoms with Crippen molar-refractivity contribution in [3.63, 3.8) is 0 Å². The predicted molar refractivity (Wildman–Crippen MR) is 86.9 cm³/mol. The summed E-state index contributed by atoms with van der Waals surface area (Å²) in [4.78, 5) is 12.4. The average Bonchev–Trinajstić information content (AvgIpc) is 3.30. The summed E-state index contributed by atoms with van der Waals surface area (Å²) in [6.07, 6.45) is 2.43. The van der Waals surface area contributed by atoms with Gasteiger partial charge in [0.2, 0.25) is 5.91 Å². The Kier molecular flexibility index (Phi) is 3.88. The van der Waals surface area contributed by atoms with Crippen LogP contribution in [0.1, 0.15) is 29.5 Å². The zero-order chi connectivity index (χ0) is 15.6. The molecular formula is C19H21NO2. The summed E-state index contributed by atoms with van der Waals surface area (Å²) >= 11 is 0. The molecule has 0 atom stereocenters. The lowest BCUT2D eigenvalue weighted by Gasteiger charge is -2.19. The molecule has 0 bridgehead atoms. The molecule has 0 saturated heterocycles. The fourth-order valence-corrected chi connectivity index (χ4v) is 2.81. The minimum absolute atomic E-state index is 0.0858. The minimum Gasteiger partial charge on any atom is -0.497 e. The molecule has 0 aliphatic heterocycles. The molecular weight excluding hydrogens is 274 g/mol. The zero-order valence-corrected chi connectivity index (χ0v) is 13.1. The van der Waals surface area contributed by atoms with Gasteiger partial charge < -0.3 is 10.1 Å². The van der Waals surface area contributed by atoms with E-state index in [1.165, 1.54) is 0 Å². The molecule has 1 aliphatic rings. The van der Waals surface area contributed by atoms with Gasteiger partial charge in [-0.05, 0) is 48.6 Å². The van der Waals surface area contributed by atoms with Crippen LogP contribution in [-0.4, -0.2) is 13.0 Å². The van der Waals surface area contributed by atoms with Gasteiger partial charge in [-0.3, -0.25) is 4.79 Å². The topological polar surface area (TPSA) is 38.3 Å². The van der Waals surface area contributed by atoms with Crippen LogP contribution in [-0.2, 0) is 16.8 Å². The Morgan fingerprint density at radius 1 is 1.14 bits per heavy atom. The Hall–Kier alpha value is -2.29. The van der Waals surface area contributed by atoms with Crippen LogP contribution < -0.4 is 10.1 Å². The molecule has 0 heterocycles. The minimum atomic E-state index is -0.175. The molecule has 0 aromatic heterocycles. The number of amides is 1. The number of hydrogen-bond acceptors (Lipinski definition) is 2. The van der Waals surface area contributed by atoms with Crippen LogP contribution in [0.5, 0.6) is 5.75 Å². The number of nitrogens with one attached hydrogen (secondary N) is 1. The van der Waals surface area contributed by atoms with E-state index in [9.17, 15) is 4.79 Å². The van der Waals surface area contributed by atoms with Crippen LogP contribution in [0.25, 0.3) is 0 Å². The van der Waals surface area contributed by atoms with Gasteiger partial charge in [-0.15, -0.1) is 0 Å². The van der Waals surface area contributed by atoms with Crippen LogP contribution in [0.3, 0.4) is 0 Å². The van der Waals surface area contributed by atoms with E-state index >= 15 is 0 Å². The van der Waals surface area contributed by atoms with Crippen molar-refractivity contribution in [2.24, 2.45) is 0 Å². The first-order chi connectivity index (χ1) is 10.6. The summed E-state index contributed by atoms with van der Waals surface area (Å²) in [6.45, 7) is 2.04. The van der Waals surface area contributed by atoms with Gasteiger partial charge in [0.05, 0.1) is 19.1 Å². The summed E-state index contributed by atoms with van der Waals surface area (Å²) in [5, 5.41) is 3.22. The Morgan fingerprint density at radius 2 is 1.82 bits per heavy atom. The van der Waals surface area contributed by atoms with E-state index in [4.69, 9.17) is 4.74 Å². The third kappa shape index (κ3) is 2.98. The number of carbonyl (C=O) groups is 1. The van der Waals surface area contributed by atoms with E-state index in [0.29, 0.717) is 6.42 Å². The van der Waals surface area contributed by atoms with Gasteiger partial charge in [-0.25, -0.2) is 0 Å². The third-order valence-corrected chi connectivity index (χ3v) is 4.38. The Morgan fingerprint density at radius 3 is 2.41 bits per heavy atom. The SMILES string of the molecule is COc1ccc(C2(NC(=O)Cc3ccccc3C)CC2)cc1. The number of benzene rings is 2. The number of aryl methyl sites for hydroxylation is 1. The van der Waals surface area contributed by atoms with Crippen molar-refractivity contribution in [3.05, 3.63) is 65.2 Å². The average molecular weight is 295 g/mol. The Labute approximate surface area is 131 Å². The lowest BCUT2D eigenvalue weighted by molar-refractivity contribution is -0.121. The predicted octanol–water partition coefficient (Wildman–Crippen LogP) is 3.35. The summed E-state index contributed by atoms with van der Waals surface area (Å²) in [6, 6.07) is 16.0. The first kappa shape index (κ1) is 14.6. The van der Waals surface area contributed by atoms with Gasteiger partial charge in [0.15, 0.2) is 0 Å². The molecule has 1 aliphatic carbocycles. The molecule has 0 unspecified atom stereocenters. The van der Waals surface area contributed by atoms with E-state index < -0.39 is 0 Å². The maximum absolute atomic E-state index is 12.4. The Balaban J connectivity index is 1.69. The van der Waals surface area contributed by atoms with Crippen LogP contribution in [0.4, 0.5) is 0 Å². The van der Waals surface area contributed by atoms with E-state index in [-0.39, 0.29) is 11.4 Å². The highest BCUT2D eigenvalue weighted by atomic mass is 16.5. The van der Waals surface area contributed by atoms with Gasteiger partial charge >= 0.3 is 0 Å². The molecule has 2 aromatic rings. The molecule has 3 nitrogen and oxygen atoms in total. The number of hydrogen-bond donors (Lipinski definition) is 1. The molecule has 2 aromatic carbocycles. The fraction of sp³-hybridized carbons (Fsp3) is 0.316. The van der Waals surface area contributed by atoms with E-state index in [1.807, 2.05) is 55.5 Å². The third-order valence-electron chi connectivity index (χ3n) is 4.38. The van der Waals surface area contributed by atoms with Gasteiger partial charge in [-0.1, -0.05) is 36.4 Å². The largest absolute Gasteiger partial charge is 0.497 e. The van der Waals surface area contributed by atoms with E-state index in [0.717, 1.165) is 35.3 Å². The molecule has 3 heteroatoms. The molecule has 1 saturated carbocycles.